The van der Waals surface area contributed by atoms with Gasteiger partial charge in [-0.15, -0.1) is 23.8 Å². The van der Waals surface area contributed by atoms with Gasteiger partial charge in [0.2, 0.25) is 0 Å². The Morgan fingerprint density at radius 1 is 1.38 bits per heavy atom. The molecule has 1 nitrogen and oxygen atoms in total. The molecule has 0 saturated heterocycles. The van der Waals surface area contributed by atoms with Crippen LogP contribution in [0.2, 0.25) is 0 Å². The molecule has 0 aliphatic carbocycles. The van der Waals surface area contributed by atoms with Crippen LogP contribution in [0.3, 0.4) is 0 Å². The van der Waals surface area contributed by atoms with E-state index in [9.17, 15) is 12.9 Å². The van der Waals surface area contributed by atoms with E-state index in [1.165, 1.54) is 11.8 Å². The Balaban J connectivity index is 2.65. The molecule has 0 unspecified atom stereocenters. The summed E-state index contributed by atoms with van der Waals surface area (Å²) in [5, 5.41) is 0. The Hall–Kier alpha value is -1.04. The average molecular weight is 247 g/mol. The molecule has 1 aromatic rings. The lowest BCUT2D eigenvalue weighted by molar-refractivity contribution is 0.339. The maximum Gasteiger partial charge on any atom is 0.508 e. The number of hydrogen-bond donors (Lipinski definition) is 0. The fourth-order valence-electron chi connectivity index (χ4n) is 1.00. The van der Waals surface area contributed by atoms with E-state index >= 15 is 0 Å². The number of halogens is 3. The first kappa shape index (κ1) is 13.0. The van der Waals surface area contributed by atoms with Gasteiger partial charge in [-0.2, -0.15) is 0 Å². The highest BCUT2D eigenvalue weighted by Crippen LogP contribution is 2.28. The molecule has 0 heterocycles. The van der Waals surface area contributed by atoms with Gasteiger partial charge in [-0.1, -0.05) is 12.1 Å². The van der Waals surface area contributed by atoms with Gasteiger partial charge < -0.3 is 17.7 Å². The maximum absolute atomic E-state index is 12.2. The van der Waals surface area contributed by atoms with Crippen LogP contribution in [-0.4, -0.2) is 19.8 Å². The van der Waals surface area contributed by atoms with Gasteiger partial charge >= 0.3 is 6.98 Å². The van der Waals surface area contributed by atoms with E-state index in [2.05, 4.69) is 6.58 Å². The van der Waals surface area contributed by atoms with Crippen LogP contribution < -0.4 is 4.74 Å². The van der Waals surface area contributed by atoms with Crippen LogP contribution >= 0.6 is 11.8 Å². The van der Waals surface area contributed by atoms with Gasteiger partial charge in [0, 0.05) is 4.90 Å². The molecule has 1 rings (SSSR count). The monoisotopic (exact) mass is 247 g/mol. The number of rotatable bonds is 5. The standard InChI is InChI=1S/C10H11BF3OS/c1-8(11(12,13)14)7-15-9-5-3-4-6-10(9)16-2/h3-6H,1,7H2,2H3/q-1. The predicted molar refractivity (Wildman–Crippen MR) is 61.9 cm³/mol. The molecular formula is C10H11BF3OS-. The van der Waals surface area contributed by atoms with Gasteiger partial charge in [0.05, 0.1) is 6.61 Å². The second-order valence-corrected chi connectivity index (χ2v) is 4.02. The molecule has 1 aromatic carbocycles. The predicted octanol–water partition coefficient (Wildman–Crippen LogP) is 3.73. The van der Waals surface area contributed by atoms with Gasteiger partial charge in [-0.25, -0.2) is 0 Å². The van der Waals surface area contributed by atoms with Crippen molar-refractivity contribution in [2.45, 2.75) is 4.90 Å². The highest BCUT2D eigenvalue weighted by molar-refractivity contribution is 7.98. The molecule has 0 aromatic heterocycles. The Bertz CT molecular complexity index is 379. The third-order valence-corrected chi connectivity index (χ3v) is 2.72. The molecule has 6 heteroatoms. The van der Waals surface area contributed by atoms with Gasteiger partial charge in [0.1, 0.15) is 5.75 Å². The molecule has 0 fully saturated rings. The molecule has 0 amide bonds. The number of para-hydroxylation sites is 1. The van der Waals surface area contributed by atoms with Gasteiger partial charge in [0.25, 0.3) is 0 Å². The van der Waals surface area contributed by atoms with Crippen molar-refractivity contribution in [3.8, 4) is 5.75 Å². The summed E-state index contributed by atoms with van der Waals surface area (Å²) in [5.41, 5.74) is -0.823. The SMILES string of the molecule is C=C(COc1ccccc1SC)[B-](F)(F)F. The number of ether oxygens (including phenoxy) is 1. The third-order valence-electron chi connectivity index (χ3n) is 1.95. The maximum atomic E-state index is 12.2. The molecule has 0 spiro atoms. The van der Waals surface area contributed by atoms with E-state index in [0.717, 1.165) is 4.90 Å². The van der Waals surface area contributed by atoms with Crippen molar-refractivity contribution in [1.82, 2.24) is 0 Å². The fraction of sp³-hybridized carbons (Fsp3) is 0.200. The Labute approximate surface area is 96.7 Å². The average Bonchev–Trinajstić information content (AvgIpc) is 2.24. The Morgan fingerprint density at radius 2 is 2.00 bits per heavy atom. The summed E-state index contributed by atoms with van der Waals surface area (Å²) < 4.78 is 41.7. The van der Waals surface area contributed by atoms with Crippen LogP contribution in [0.25, 0.3) is 0 Å². The minimum Gasteiger partial charge on any atom is -0.491 e. The van der Waals surface area contributed by atoms with Gasteiger partial charge in [-0.05, 0) is 18.4 Å². The zero-order valence-electron chi connectivity index (χ0n) is 8.75. The third kappa shape index (κ3) is 3.52. The second kappa shape index (κ2) is 5.34. The van der Waals surface area contributed by atoms with E-state index in [-0.39, 0.29) is 0 Å². The van der Waals surface area contributed by atoms with Gasteiger partial charge in [0.15, 0.2) is 0 Å². The summed E-state index contributed by atoms with van der Waals surface area (Å²) in [7, 11) is 0. The summed E-state index contributed by atoms with van der Waals surface area (Å²) in [6.45, 7) is -2.56. The minimum atomic E-state index is -5.01. The topological polar surface area (TPSA) is 9.23 Å². The first-order chi connectivity index (χ1) is 7.45. The molecular weight excluding hydrogens is 236 g/mol. The zero-order valence-corrected chi connectivity index (χ0v) is 9.57. The highest BCUT2D eigenvalue weighted by Gasteiger charge is 2.27. The van der Waals surface area contributed by atoms with Crippen LogP contribution in [0.1, 0.15) is 0 Å². The second-order valence-electron chi connectivity index (χ2n) is 3.17. The number of benzene rings is 1. The lowest BCUT2D eigenvalue weighted by Crippen LogP contribution is -2.23. The molecule has 0 radical (unpaired) electrons. The van der Waals surface area contributed by atoms with Crippen LogP contribution in [0.15, 0.2) is 41.2 Å². The Kier molecular flexibility index (Phi) is 4.35. The minimum absolute atomic E-state index is 0.455. The fourth-order valence-corrected chi connectivity index (χ4v) is 1.55. The molecule has 16 heavy (non-hydrogen) atoms. The lowest BCUT2D eigenvalue weighted by Gasteiger charge is -2.18. The largest absolute Gasteiger partial charge is 0.508 e. The van der Waals surface area contributed by atoms with Crippen molar-refractivity contribution in [1.29, 1.82) is 0 Å². The lowest BCUT2D eigenvalue weighted by atomic mass is 9.81. The summed E-state index contributed by atoms with van der Waals surface area (Å²) in [6, 6.07) is 6.96. The molecule has 0 N–H and O–H groups in total. The van der Waals surface area contributed by atoms with E-state index in [1.807, 2.05) is 6.26 Å². The van der Waals surface area contributed by atoms with Crippen LogP contribution in [-0.2, 0) is 0 Å². The summed E-state index contributed by atoms with van der Waals surface area (Å²) in [4.78, 5) is 0.810. The smallest absolute Gasteiger partial charge is 0.491 e. The highest BCUT2D eigenvalue weighted by atomic mass is 32.2. The van der Waals surface area contributed by atoms with Crippen molar-refractivity contribution in [2.75, 3.05) is 12.9 Å². The van der Waals surface area contributed by atoms with E-state index in [4.69, 9.17) is 4.74 Å². The van der Waals surface area contributed by atoms with Crippen molar-refractivity contribution >= 4 is 18.7 Å². The molecule has 0 atom stereocenters. The van der Waals surface area contributed by atoms with Crippen molar-refractivity contribution in [2.24, 2.45) is 0 Å². The number of hydrogen-bond acceptors (Lipinski definition) is 2. The molecule has 88 valence electrons. The Morgan fingerprint density at radius 3 is 2.56 bits per heavy atom. The first-order valence-electron chi connectivity index (χ1n) is 4.58. The van der Waals surface area contributed by atoms with E-state index in [1.54, 1.807) is 24.3 Å². The van der Waals surface area contributed by atoms with E-state index < -0.39 is 19.1 Å². The molecule has 0 saturated carbocycles. The first-order valence-corrected chi connectivity index (χ1v) is 5.81. The normalized spacial score (nSPS) is 11.2. The summed E-state index contributed by atoms with van der Waals surface area (Å²) >= 11 is 1.42. The van der Waals surface area contributed by atoms with Crippen LogP contribution in [0.4, 0.5) is 12.9 Å². The zero-order chi connectivity index (χ0) is 12.2. The quantitative estimate of drug-likeness (QED) is 0.579. The number of thioether (sulfide) groups is 1. The van der Waals surface area contributed by atoms with Crippen molar-refractivity contribution < 1.29 is 17.7 Å². The van der Waals surface area contributed by atoms with Gasteiger partial charge in [-0.3, -0.25) is 0 Å². The van der Waals surface area contributed by atoms with Crippen LogP contribution in [0.5, 0.6) is 5.75 Å². The summed E-state index contributed by atoms with van der Waals surface area (Å²) in [6.07, 6.45) is 1.84. The molecule has 0 aliphatic rings. The van der Waals surface area contributed by atoms with Crippen LogP contribution in [0, 0.1) is 0 Å². The molecule has 0 bridgehead atoms. The van der Waals surface area contributed by atoms with Crippen molar-refractivity contribution in [3.05, 3.63) is 36.3 Å². The summed E-state index contributed by atoms with van der Waals surface area (Å²) in [5.74, 6) is 0.455. The molecule has 0 aliphatic heterocycles. The van der Waals surface area contributed by atoms with E-state index in [0.29, 0.717) is 5.75 Å². The van der Waals surface area contributed by atoms with Crippen molar-refractivity contribution in [3.63, 3.8) is 0 Å².